The number of nitriles is 1. The van der Waals surface area contributed by atoms with Gasteiger partial charge in [-0.15, -0.1) is 0 Å². The average molecular weight is 563 g/mol. The Hall–Kier alpha value is -5.58. The van der Waals surface area contributed by atoms with Crippen molar-refractivity contribution in [3.8, 4) is 39.6 Å². The summed E-state index contributed by atoms with van der Waals surface area (Å²) in [6.45, 7) is 0. The van der Waals surface area contributed by atoms with Gasteiger partial charge in [-0.1, -0.05) is 78.9 Å². The number of pyridine rings is 2. The van der Waals surface area contributed by atoms with E-state index in [1.807, 2.05) is 36.4 Å². The lowest BCUT2D eigenvalue weighted by Gasteiger charge is -2.11. The second-order valence-electron chi connectivity index (χ2n) is 9.87. The molecule has 3 aromatic heterocycles. The van der Waals surface area contributed by atoms with Gasteiger partial charge in [0.15, 0.2) is 5.65 Å². The molecule has 0 aliphatic carbocycles. The summed E-state index contributed by atoms with van der Waals surface area (Å²) in [5.74, 6) is 0. The Kier molecular flexibility index (Phi) is 6.11. The quantitative estimate of drug-likeness (QED) is 0.215. The molecule has 0 aliphatic heterocycles. The molecule has 7 heteroatoms. The fraction of sp³-hybridized carbons (Fsp3) is 0. The van der Waals surface area contributed by atoms with E-state index in [1.165, 1.54) is 3.97 Å². The van der Waals surface area contributed by atoms with Crippen LogP contribution in [0.4, 0.5) is 0 Å². The molecule has 0 atom stereocenters. The molecule has 0 saturated heterocycles. The van der Waals surface area contributed by atoms with Crippen LogP contribution in [0, 0.1) is 11.3 Å². The third kappa shape index (κ3) is 4.31. The fourth-order valence-corrected chi connectivity index (χ4v) is 6.62. The van der Waals surface area contributed by atoms with Crippen LogP contribution in [0.1, 0.15) is 5.56 Å². The fourth-order valence-electron chi connectivity index (χ4n) is 5.27. The molecular formula is C35H22N4O2S. The molecular weight excluding hydrogens is 540 g/mol. The topological polar surface area (TPSA) is 88.6 Å². The SMILES string of the molecule is N#Cc1ccc2c(-c3ccc(-c4ccccc4)cc3)cc(-c3cn(S(=O)(=O)c4ccccc4)c4ncccc34)nc2c1. The van der Waals surface area contributed by atoms with E-state index in [0.29, 0.717) is 33.4 Å². The zero-order chi connectivity index (χ0) is 28.7. The van der Waals surface area contributed by atoms with Gasteiger partial charge >= 0.3 is 0 Å². The van der Waals surface area contributed by atoms with Crippen LogP contribution in [0.15, 0.2) is 139 Å². The zero-order valence-electron chi connectivity index (χ0n) is 22.2. The third-order valence-corrected chi connectivity index (χ3v) is 9.01. The summed E-state index contributed by atoms with van der Waals surface area (Å²) >= 11 is 0. The van der Waals surface area contributed by atoms with E-state index in [2.05, 4.69) is 47.5 Å². The molecule has 7 aromatic rings. The van der Waals surface area contributed by atoms with Crippen molar-refractivity contribution in [2.45, 2.75) is 4.90 Å². The second kappa shape index (κ2) is 10.1. The second-order valence-corrected chi connectivity index (χ2v) is 11.7. The minimum absolute atomic E-state index is 0.170. The van der Waals surface area contributed by atoms with E-state index >= 15 is 0 Å². The largest absolute Gasteiger partial charge is 0.269 e. The van der Waals surface area contributed by atoms with Crippen LogP contribution in [-0.4, -0.2) is 22.4 Å². The van der Waals surface area contributed by atoms with Gasteiger partial charge < -0.3 is 0 Å². The molecule has 0 radical (unpaired) electrons. The number of benzene rings is 4. The highest BCUT2D eigenvalue weighted by atomic mass is 32.2. The van der Waals surface area contributed by atoms with Gasteiger partial charge in [0.1, 0.15) is 0 Å². The molecule has 0 spiro atoms. The van der Waals surface area contributed by atoms with Gasteiger partial charge in [-0.25, -0.2) is 22.4 Å². The smallest absolute Gasteiger partial charge is 0.248 e. The molecule has 0 fully saturated rings. The van der Waals surface area contributed by atoms with E-state index in [4.69, 9.17) is 4.98 Å². The van der Waals surface area contributed by atoms with Gasteiger partial charge in [0.2, 0.25) is 0 Å². The van der Waals surface area contributed by atoms with Gasteiger partial charge in [0.05, 0.1) is 27.7 Å². The molecule has 0 unspecified atom stereocenters. The molecule has 0 bridgehead atoms. The Bertz CT molecular complexity index is 2250. The van der Waals surface area contributed by atoms with Gasteiger partial charge in [-0.05, 0) is 64.7 Å². The number of nitrogens with zero attached hydrogens (tertiary/aromatic N) is 4. The predicted molar refractivity (Wildman–Crippen MR) is 165 cm³/mol. The highest BCUT2D eigenvalue weighted by molar-refractivity contribution is 7.90. The summed E-state index contributed by atoms with van der Waals surface area (Å²) in [5.41, 5.74) is 6.80. The monoisotopic (exact) mass is 562 g/mol. The minimum Gasteiger partial charge on any atom is -0.248 e. The summed E-state index contributed by atoms with van der Waals surface area (Å²) in [6, 6.07) is 40.1. The Balaban J connectivity index is 1.45. The van der Waals surface area contributed by atoms with Gasteiger partial charge in [0, 0.05) is 28.7 Å². The van der Waals surface area contributed by atoms with Crippen molar-refractivity contribution in [1.29, 1.82) is 5.26 Å². The molecule has 0 amide bonds. The number of hydrogen-bond acceptors (Lipinski definition) is 5. The minimum atomic E-state index is -3.92. The Morgan fingerprint density at radius 3 is 2.10 bits per heavy atom. The third-order valence-electron chi connectivity index (χ3n) is 7.35. The first-order chi connectivity index (χ1) is 20.5. The van der Waals surface area contributed by atoms with Crippen molar-refractivity contribution in [3.63, 3.8) is 0 Å². The van der Waals surface area contributed by atoms with Crippen molar-refractivity contribution in [3.05, 3.63) is 139 Å². The van der Waals surface area contributed by atoms with Crippen molar-refractivity contribution >= 4 is 32.0 Å². The molecule has 0 aliphatic rings. The molecule has 3 heterocycles. The highest BCUT2D eigenvalue weighted by Gasteiger charge is 2.23. The normalized spacial score (nSPS) is 11.5. The van der Waals surface area contributed by atoms with E-state index in [9.17, 15) is 13.7 Å². The average Bonchev–Trinajstić information content (AvgIpc) is 3.45. The van der Waals surface area contributed by atoms with Crippen LogP contribution in [0.25, 0.3) is 55.4 Å². The summed E-state index contributed by atoms with van der Waals surface area (Å²) in [5, 5.41) is 11.1. The summed E-state index contributed by atoms with van der Waals surface area (Å²) < 4.78 is 28.6. The molecule has 7 rings (SSSR count). The van der Waals surface area contributed by atoms with Crippen molar-refractivity contribution in [2.75, 3.05) is 0 Å². The first-order valence-electron chi connectivity index (χ1n) is 13.3. The van der Waals surface area contributed by atoms with E-state index < -0.39 is 10.0 Å². The Morgan fingerprint density at radius 2 is 1.36 bits per heavy atom. The first kappa shape index (κ1) is 25.4. The first-order valence-corrected chi connectivity index (χ1v) is 14.7. The standard InChI is InChI=1S/C35H22N4O2S/c36-22-24-13-18-29-31(27-16-14-26(15-17-27)25-8-3-1-4-9-25)21-34(38-33(29)20-24)32-23-39(35-30(32)12-7-19-37-35)42(40,41)28-10-5-2-6-11-28/h1-21,23H. The molecule has 6 nitrogen and oxygen atoms in total. The molecule has 4 aromatic carbocycles. The maximum Gasteiger partial charge on any atom is 0.269 e. The summed E-state index contributed by atoms with van der Waals surface area (Å²) in [7, 11) is -3.92. The van der Waals surface area contributed by atoms with Crippen LogP contribution >= 0.6 is 0 Å². The summed E-state index contributed by atoms with van der Waals surface area (Å²) in [6.07, 6.45) is 3.17. The van der Waals surface area contributed by atoms with Gasteiger partial charge in [0.25, 0.3) is 10.0 Å². The Morgan fingerprint density at radius 1 is 0.667 bits per heavy atom. The van der Waals surface area contributed by atoms with Gasteiger partial charge in [-0.2, -0.15) is 5.26 Å². The van der Waals surface area contributed by atoms with E-state index in [-0.39, 0.29) is 4.90 Å². The Labute approximate surface area is 242 Å². The maximum atomic E-state index is 13.7. The van der Waals surface area contributed by atoms with Crippen molar-refractivity contribution in [2.24, 2.45) is 0 Å². The van der Waals surface area contributed by atoms with Crippen LogP contribution in [0.5, 0.6) is 0 Å². The lowest BCUT2D eigenvalue weighted by molar-refractivity contribution is 0.589. The van der Waals surface area contributed by atoms with Crippen LogP contribution in [-0.2, 0) is 10.0 Å². The van der Waals surface area contributed by atoms with Crippen LogP contribution < -0.4 is 0 Å². The molecule has 0 saturated carbocycles. The van der Waals surface area contributed by atoms with E-state index in [1.54, 1.807) is 60.9 Å². The zero-order valence-corrected chi connectivity index (χ0v) is 23.0. The highest BCUT2D eigenvalue weighted by Crippen LogP contribution is 2.37. The number of aromatic nitrogens is 3. The number of hydrogen-bond donors (Lipinski definition) is 0. The number of rotatable bonds is 5. The predicted octanol–water partition coefficient (Wildman–Crippen LogP) is 7.69. The van der Waals surface area contributed by atoms with Crippen molar-refractivity contribution in [1.82, 2.24) is 13.9 Å². The van der Waals surface area contributed by atoms with Crippen molar-refractivity contribution < 1.29 is 8.42 Å². The molecule has 0 N–H and O–H groups in total. The molecule has 42 heavy (non-hydrogen) atoms. The lowest BCUT2D eigenvalue weighted by atomic mass is 9.95. The van der Waals surface area contributed by atoms with Crippen LogP contribution in [0.3, 0.4) is 0 Å². The molecule has 200 valence electrons. The van der Waals surface area contributed by atoms with Gasteiger partial charge in [-0.3, -0.25) is 0 Å². The van der Waals surface area contributed by atoms with Crippen LogP contribution in [0.2, 0.25) is 0 Å². The number of fused-ring (bicyclic) bond motifs is 2. The summed E-state index contributed by atoms with van der Waals surface area (Å²) in [4.78, 5) is 9.55. The maximum absolute atomic E-state index is 13.7. The lowest BCUT2D eigenvalue weighted by Crippen LogP contribution is -2.12. The van der Waals surface area contributed by atoms with E-state index in [0.717, 1.165) is 27.6 Å².